The third-order valence-corrected chi connectivity index (χ3v) is 3.80. The van der Waals surface area contributed by atoms with E-state index in [4.69, 9.17) is 33.4 Å². The van der Waals surface area contributed by atoms with Gasteiger partial charge in [0.05, 0.1) is 11.1 Å². The normalized spacial score (nSPS) is 12.8. The quantitative estimate of drug-likeness (QED) is 0.668. The summed E-state index contributed by atoms with van der Waals surface area (Å²) in [5.41, 5.74) is 6.89. The van der Waals surface area contributed by atoms with Gasteiger partial charge in [0.1, 0.15) is 23.0 Å². The Labute approximate surface area is 129 Å². The minimum absolute atomic E-state index is 0.0809. The fourth-order valence-electron chi connectivity index (χ4n) is 2.12. The Balaban J connectivity index is 2.07. The summed E-state index contributed by atoms with van der Waals surface area (Å²) in [6.45, 7) is 0. The molecule has 0 fully saturated rings. The van der Waals surface area contributed by atoms with E-state index in [0.29, 0.717) is 22.3 Å². The van der Waals surface area contributed by atoms with Crippen molar-refractivity contribution in [3.05, 3.63) is 69.4 Å². The molecule has 1 heterocycles. The Morgan fingerprint density at radius 2 is 1.76 bits per heavy atom. The lowest BCUT2D eigenvalue weighted by Crippen LogP contribution is -2.12. The largest absolute Gasteiger partial charge is 0.459 e. The van der Waals surface area contributed by atoms with Crippen LogP contribution in [-0.4, -0.2) is 0 Å². The maximum absolute atomic E-state index is 13.6. The molecule has 2 N–H and O–H groups in total. The molecule has 21 heavy (non-hydrogen) atoms. The fraction of sp³-hybridized carbons (Fsp3) is 0.0667. The van der Waals surface area contributed by atoms with E-state index < -0.39 is 11.9 Å². The van der Waals surface area contributed by atoms with Crippen molar-refractivity contribution in [3.63, 3.8) is 0 Å². The third kappa shape index (κ3) is 2.62. The summed E-state index contributed by atoms with van der Waals surface area (Å²) in [5.74, 6) is -0.633. The molecule has 3 rings (SSSR count). The van der Waals surface area contributed by atoms with E-state index in [2.05, 4.69) is 0 Å². The fourth-order valence-corrected chi connectivity index (χ4v) is 2.62. The molecule has 0 amide bonds. The molecule has 3 aromatic rings. The maximum atomic E-state index is 13.6. The van der Waals surface area contributed by atoms with Gasteiger partial charge in [-0.25, -0.2) is 8.78 Å². The molecule has 0 saturated carbocycles. The van der Waals surface area contributed by atoms with E-state index in [9.17, 15) is 8.78 Å². The minimum atomic E-state index is -0.778. The molecule has 0 radical (unpaired) electrons. The molecule has 0 spiro atoms. The first-order valence-electron chi connectivity index (χ1n) is 6.04. The summed E-state index contributed by atoms with van der Waals surface area (Å²) in [6, 6.07) is 7.41. The molecule has 0 bridgehead atoms. The molecule has 2 aromatic carbocycles. The van der Waals surface area contributed by atoms with E-state index in [1.165, 1.54) is 30.3 Å². The Kier molecular flexibility index (Phi) is 3.61. The van der Waals surface area contributed by atoms with Gasteiger partial charge < -0.3 is 10.2 Å². The predicted octanol–water partition coefficient (Wildman–Crippen LogP) is 5.07. The topological polar surface area (TPSA) is 39.2 Å². The van der Waals surface area contributed by atoms with Crippen LogP contribution >= 0.6 is 23.2 Å². The number of benzene rings is 2. The van der Waals surface area contributed by atoms with Crippen molar-refractivity contribution in [2.45, 2.75) is 6.04 Å². The molecule has 1 unspecified atom stereocenters. The number of rotatable bonds is 2. The van der Waals surface area contributed by atoms with E-state index in [1.807, 2.05) is 0 Å². The van der Waals surface area contributed by atoms with Crippen LogP contribution in [0.3, 0.4) is 0 Å². The van der Waals surface area contributed by atoms with E-state index in [0.717, 1.165) is 0 Å². The van der Waals surface area contributed by atoms with Crippen LogP contribution < -0.4 is 5.73 Å². The molecule has 2 nitrogen and oxygen atoms in total. The van der Waals surface area contributed by atoms with Crippen molar-refractivity contribution < 1.29 is 13.2 Å². The van der Waals surface area contributed by atoms with Gasteiger partial charge in [-0.1, -0.05) is 23.2 Å². The summed E-state index contributed by atoms with van der Waals surface area (Å²) in [6.07, 6.45) is 0. The first kappa shape index (κ1) is 14.3. The van der Waals surface area contributed by atoms with Gasteiger partial charge in [0, 0.05) is 10.4 Å². The highest BCUT2D eigenvalue weighted by atomic mass is 35.5. The van der Waals surface area contributed by atoms with Gasteiger partial charge in [0.15, 0.2) is 0 Å². The Morgan fingerprint density at radius 3 is 2.52 bits per heavy atom. The highest BCUT2D eigenvalue weighted by Crippen LogP contribution is 2.33. The molecule has 0 aliphatic rings. The summed E-state index contributed by atoms with van der Waals surface area (Å²) < 4.78 is 32.3. The second-order valence-corrected chi connectivity index (χ2v) is 5.41. The van der Waals surface area contributed by atoms with E-state index in [-0.39, 0.29) is 15.9 Å². The number of fused-ring (bicyclic) bond motifs is 1. The van der Waals surface area contributed by atoms with Crippen molar-refractivity contribution in [1.29, 1.82) is 0 Å². The zero-order valence-corrected chi connectivity index (χ0v) is 12.1. The van der Waals surface area contributed by atoms with Gasteiger partial charge in [-0.05, 0) is 42.0 Å². The number of furan rings is 1. The van der Waals surface area contributed by atoms with Crippen molar-refractivity contribution in [1.82, 2.24) is 0 Å². The lowest BCUT2D eigenvalue weighted by atomic mass is 10.0. The van der Waals surface area contributed by atoms with Crippen LogP contribution in [0.25, 0.3) is 11.0 Å². The molecular formula is C15H9Cl2F2NO. The zero-order valence-electron chi connectivity index (χ0n) is 10.5. The molecule has 0 aliphatic heterocycles. The van der Waals surface area contributed by atoms with Gasteiger partial charge in [0.25, 0.3) is 0 Å². The van der Waals surface area contributed by atoms with Crippen LogP contribution in [0.5, 0.6) is 0 Å². The lowest BCUT2D eigenvalue weighted by molar-refractivity contribution is 0.523. The second kappa shape index (κ2) is 5.30. The molecule has 0 aliphatic carbocycles. The van der Waals surface area contributed by atoms with Crippen molar-refractivity contribution in [2.24, 2.45) is 5.73 Å². The number of halogens is 4. The highest BCUT2D eigenvalue weighted by Gasteiger charge is 2.19. The van der Waals surface area contributed by atoms with Crippen LogP contribution in [0.2, 0.25) is 10.0 Å². The lowest BCUT2D eigenvalue weighted by Gasteiger charge is -2.11. The number of nitrogens with two attached hydrogens (primary N) is 1. The number of hydrogen-bond donors (Lipinski definition) is 1. The van der Waals surface area contributed by atoms with Gasteiger partial charge in [-0.3, -0.25) is 0 Å². The molecule has 1 aromatic heterocycles. The van der Waals surface area contributed by atoms with Gasteiger partial charge in [-0.15, -0.1) is 0 Å². The monoisotopic (exact) mass is 327 g/mol. The summed E-state index contributed by atoms with van der Waals surface area (Å²) in [5, 5.41) is 0.731. The van der Waals surface area contributed by atoms with Crippen LogP contribution in [-0.2, 0) is 0 Å². The van der Waals surface area contributed by atoms with Crippen molar-refractivity contribution in [2.75, 3.05) is 0 Å². The molecular weight excluding hydrogens is 319 g/mol. The van der Waals surface area contributed by atoms with Crippen LogP contribution in [0.1, 0.15) is 17.4 Å². The highest BCUT2D eigenvalue weighted by molar-refractivity contribution is 6.35. The Hall–Kier alpha value is -1.62. The maximum Gasteiger partial charge on any atom is 0.142 e. The van der Waals surface area contributed by atoms with E-state index in [1.54, 1.807) is 6.07 Å². The standard InChI is InChI=1S/C15H9Cl2F2NO/c16-10-6-11(17)12(19)5-9(10)15(20)14-4-7-3-8(18)1-2-13(7)21-14/h1-6,15H,20H2. The smallest absolute Gasteiger partial charge is 0.142 e. The average molecular weight is 328 g/mol. The van der Waals surface area contributed by atoms with Crippen LogP contribution in [0.4, 0.5) is 8.78 Å². The first-order valence-corrected chi connectivity index (χ1v) is 6.80. The van der Waals surface area contributed by atoms with Gasteiger partial charge >= 0.3 is 0 Å². The van der Waals surface area contributed by atoms with Crippen LogP contribution in [0.15, 0.2) is 40.8 Å². The zero-order chi connectivity index (χ0) is 15.1. The number of hydrogen-bond acceptors (Lipinski definition) is 2. The van der Waals surface area contributed by atoms with Gasteiger partial charge in [-0.2, -0.15) is 0 Å². The SMILES string of the molecule is NC(c1cc2cc(F)ccc2o1)c1cc(F)c(Cl)cc1Cl. The first-order chi connectivity index (χ1) is 9.95. The average Bonchev–Trinajstić information content (AvgIpc) is 2.85. The molecule has 6 heteroatoms. The Morgan fingerprint density at radius 1 is 1.00 bits per heavy atom. The molecule has 1 atom stereocenters. The molecule has 0 saturated heterocycles. The van der Waals surface area contributed by atoms with Crippen molar-refractivity contribution >= 4 is 34.2 Å². The van der Waals surface area contributed by atoms with Crippen LogP contribution in [0, 0.1) is 11.6 Å². The summed E-state index contributed by atoms with van der Waals surface area (Å²) in [4.78, 5) is 0. The van der Waals surface area contributed by atoms with E-state index >= 15 is 0 Å². The minimum Gasteiger partial charge on any atom is -0.459 e. The summed E-state index contributed by atoms with van der Waals surface area (Å²) >= 11 is 11.7. The predicted molar refractivity (Wildman–Crippen MR) is 78.6 cm³/mol. The molecule has 108 valence electrons. The second-order valence-electron chi connectivity index (χ2n) is 4.60. The van der Waals surface area contributed by atoms with Gasteiger partial charge in [0.2, 0.25) is 0 Å². The summed E-state index contributed by atoms with van der Waals surface area (Å²) in [7, 11) is 0. The van der Waals surface area contributed by atoms with Crippen molar-refractivity contribution in [3.8, 4) is 0 Å². The Bertz CT molecular complexity index is 832. The third-order valence-electron chi connectivity index (χ3n) is 3.18.